The van der Waals surface area contributed by atoms with Gasteiger partial charge in [-0.15, -0.1) is 0 Å². The van der Waals surface area contributed by atoms with Crippen molar-refractivity contribution in [2.24, 2.45) is 34.6 Å². The monoisotopic (exact) mass is 1110 g/mol. The number of hydrogen-bond donors (Lipinski definition) is 18. The number of nitrogens with one attached hydrogen (secondary N) is 11. The van der Waals surface area contributed by atoms with E-state index in [-0.39, 0.29) is 83.6 Å². The molecule has 0 bridgehead atoms. The van der Waals surface area contributed by atoms with Crippen LogP contribution in [0.1, 0.15) is 125 Å². The zero-order chi connectivity index (χ0) is 58.9. The number of nitrogens with two attached hydrogens (primary N) is 5. The SMILES string of the molecule is CCCCCCCCC(=O)N[C@@H](CCN)C(=O)N[C@H](C(=O)N[C@@H](CCN)C(=O)N[C@H]1CCNC(=O)[C@H]([C@@H](C)O)NC(=O)[C@H](CCN)NC(=O)[C@H](CCN)NC(=O)[C@H](CC(C)C)NC(=O)CNC(=O)[C@H](CCN)NC1=O)[C@@H](C)O. The van der Waals surface area contributed by atoms with Crippen molar-refractivity contribution >= 4 is 65.0 Å². The highest BCUT2D eigenvalue weighted by atomic mass is 16.3. The topological polar surface area (TPSA) is 491 Å². The zero-order valence-electron chi connectivity index (χ0n) is 46.0. The maximum atomic E-state index is 14.2. The molecule has 0 aromatic rings. The molecule has 0 aromatic carbocycles. The molecule has 1 rings (SSSR count). The molecule has 0 aromatic heterocycles. The van der Waals surface area contributed by atoms with Gasteiger partial charge < -0.3 is 97.4 Å². The van der Waals surface area contributed by atoms with Gasteiger partial charge in [0.1, 0.15) is 54.4 Å². The third kappa shape index (κ3) is 26.5. The maximum absolute atomic E-state index is 14.2. The van der Waals surface area contributed by atoms with Crippen molar-refractivity contribution in [3.63, 3.8) is 0 Å². The Kier molecular flexibility index (Phi) is 34.5. The normalized spacial score (nSPS) is 22.6. The van der Waals surface area contributed by atoms with Gasteiger partial charge in [0.2, 0.25) is 65.0 Å². The largest absolute Gasteiger partial charge is 0.391 e. The minimum atomic E-state index is -1.68. The van der Waals surface area contributed by atoms with E-state index in [2.05, 4.69) is 65.4 Å². The van der Waals surface area contributed by atoms with Gasteiger partial charge in [-0.25, -0.2) is 0 Å². The number of aliphatic hydroxyl groups is 2. The Morgan fingerprint density at radius 3 is 1.60 bits per heavy atom. The number of carbonyl (C=O) groups is 11. The summed E-state index contributed by atoms with van der Waals surface area (Å²) >= 11 is 0. The summed E-state index contributed by atoms with van der Waals surface area (Å²) in [5.41, 5.74) is 28.9. The van der Waals surface area contributed by atoms with Gasteiger partial charge >= 0.3 is 0 Å². The molecule has 446 valence electrons. The lowest BCUT2D eigenvalue weighted by Gasteiger charge is -2.28. The molecule has 23 N–H and O–H groups in total. The van der Waals surface area contributed by atoms with Gasteiger partial charge in [-0.05, 0) is 104 Å². The van der Waals surface area contributed by atoms with Gasteiger partial charge in [0, 0.05) is 13.0 Å². The zero-order valence-corrected chi connectivity index (χ0v) is 46.0. The number of unbranched alkanes of at least 4 members (excludes halogenated alkanes) is 5. The van der Waals surface area contributed by atoms with Crippen LogP contribution in [0.3, 0.4) is 0 Å². The van der Waals surface area contributed by atoms with E-state index in [1.807, 2.05) is 0 Å². The first-order valence-corrected chi connectivity index (χ1v) is 27.1. The third-order valence-corrected chi connectivity index (χ3v) is 12.5. The molecular weight excluding hydrogens is 1020 g/mol. The summed E-state index contributed by atoms with van der Waals surface area (Å²) in [7, 11) is 0. The van der Waals surface area contributed by atoms with E-state index >= 15 is 0 Å². The van der Waals surface area contributed by atoms with Gasteiger partial charge in [-0.1, -0.05) is 52.9 Å². The molecule has 0 spiro atoms. The van der Waals surface area contributed by atoms with Crippen molar-refractivity contribution < 1.29 is 63.0 Å². The molecule has 78 heavy (non-hydrogen) atoms. The molecular formula is C49H92N16O13. The Bertz CT molecular complexity index is 1950. The second-order valence-corrected chi connectivity index (χ2v) is 19.8. The molecule has 29 nitrogen and oxygen atoms in total. The number of carbonyl (C=O) groups excluding carboxylic acids is 11. The molecule has 1 fully saturated rings. The van der Waals surface area contributed by atoms with E-state index in [4.69, 9.17) is 28.7 Å². The predicted molar refractivity (Wildman–Crippen MR) is 287 cm³/mol. The first kappa shape index (κ1) is 69.9. The maximum Gasteiger partial charge on any atom is 0.245 e. The van der Waals surface area contributed by atoms with E-state index in [1.165, 1.54) is 13.8 Å². The Balaban J connectivity index is 3.63. The molecule has 0 radical (unpaired) electrons. The quantitative estimate of drug-likeness (QED) is 0.0324. The number of aliphatic hydroxyl groups excluding tert-OH is 2. The molecule has 1 heterocycles. The standard InChI is InChI=1S/C49H92N16O13/c1-6-7-8-9-10-11-12-37(68)57-31(14-20-51)45(74)65-40(29(5)67)49(78)63-33(16-22-53)43(72)62-35-18-24-55-48(77)39(28(4)66)64-46(75)34(17-23-54)60-42(71)32(15-21-52)61-47(76)36(25-27(2)3)58-38(69)26-56-41(70)30(13-19-50)59-44(35)73/h27-36,39-40,66-67H,6-26,50-54H2,1-5H3,(H,55,77)(H,56,70)(H,57,68)(H,58,69)(H,59,73)(H,60,71)(H,61,76)(H,62,72)(H,63,78)(H,64,75)(H,65,74)/t28-,29-,30+,31+,32+,33+,34+,35+,36+,39+,40+/m1/s1. The summed E-state index contributed by atoms with van der Waals surface area (Å²) in [6, 6.07) is -13.1. The molecule has 11 atom stereocenters. The van der Waals surface area contributed by atoms with Crippen LogP contribution in [0.15, 0.2) is 0 Å². The summed E-state index contributed by atoms with van der Waals surface area (Å²) in [6.07, 6.45) is 1.51. The highest BCUT2D eigenvalue weighted by Crippen LogP contribution is 2.10. The second-order valence-electron chi connectivity index (χ2n) is 19.8. The summed E-state index contributed by atoms with van der Waals surface area (Å²) in [5, 5.41) is 48.7. The Hall–Kier alpha value is -6.11. The van der Waals surface area contributed by atoms with Crippen LogP contribution >= 0.6 is 0 Å². The van der Waals surface area contributed by atoms with Gasteiger partial charge in [0.25, 0.3) is 0 Å². The lowest BCUT2D eigenvalue weighted by Crippen LogP contribution is -2.61. The van der Waals surface area contributed by atoms with Crippen LogP contribution < -0.4 is 87.2 Å². The molecule has 1 aliphatic rings. The number of amides is 11. The van der Waals surface area contributed by atoms with Gasteiger partial charge in [0.05, 0.1) is 18.8 Å². The third-order valence-electron chi connectivity index (χ3n) is 12.5. The highest BCUT2D eigenvalue weighted by molar-refractivity contribution is 5.98. The Labute approximate surface area is 456 Å². The lowest BCUT2D eigenvalue weighted by atomic mass is 10.0. The van der Waals surface area contributed by atoms with Crippen LogP contribution in [-0.2, 0) is 52.7 Å². The predicted octanol–water partition coefficient (Wildman–Crippen LogP) is -6.71. The molecule has 29 heteroatoms. The fourth-order valence-corrected chi connectivity index (χ4v) is 8.14. The first-order valence-electron chi connectivity index (χ1n) is 27.1. The van der Waals surface area contributed by atoms with Crippen LogP contribution in [0.5, 0.6) is 0 Å². The summed E-state index contributed by atoms with van der Waals surface area (Å²) < 4.78 is 0. The van der Waals surface area contributed by atoms with Crippen molar-refractivity contribution in [3.8, 4) is 0 Å². The highest BCUT2D eigenvalue weighted by Gasteiger charge is 2.36. The van der Waals surface area contributed by atoms with Crippen molar-refractivity contribution in [2.45, 2.75) is 191 Å². The lowest BCUT2D eigenvalue weighted by molar-refractivity contribution is -0.136. The number of hydrogen-bond acceptors (Lipinski definition) is 18. The average molecular weight is 1110 g/mol. The van der Waals surface area contributed by atoms with Gasteiger partial charge in [-0.2, -0.15) is 0 Å². The van der Waals surface area contributed by atoms with E-state index in [0.717, 1.165) is 32.1 Å². The Morgan fingerprint density at radius 1 is 0.564 bits per heavy atom. The smallest absolute Gasteiger partial charge is 0.245 e. The van der Waals surface area contributed by atoms with Crippen molar-refractivity contribution in [1.82, 2.24) is 58.5 Å². The summed E-state index contributed by atoms with van der Waals surface area (Å²) in [6.45, 7) is 6.25. The molecule has 1 aliphatic heterocycles. The fourth-order valence-electron chi connectivity index (χ4n) is 8.14. The van der Waals surface area contributed by atoms with E-state index in [0.29, 0.717) is 6.42 Å². The minimum Gasteiger partial charge on any atom is -0.391 e. The Morgan fingerprint density at radius 2 is 1.08 bits per heavy atom. The first-order chi connectivity index (χ1) is 37.0. The van der Waals surface area contributed by atoms with Crippen LogP contribution in [0.25, 0.3) is 0 Å². The van der Waals surface area contributed by atoms with E-state index < -0.39 is 151 Å². The van der Waals surface area contributed by atoms with Crippen molar-refractivity contribution in [2.75, 3.05) is 45.8 Å². The fraction of sp³-hybridized carbons (Fsp3) is 0.776. The van der Waals surface area contributed by atoms with Crippen LogP contribution in [-0.4, -0.2) is 188 Å². The molecule has 0 unspecified atom stereocenters. The molecule has 0 saturated carbocycles. The van der Waals surface area contributed by atoms with Crippen molar-refractivity contribution in [3.05, 3.63) is 0 Å². The minimum absolute atomic E-state index is 0.00799. The average Bonchev–Trinajstić information content (AvgIpc) is 3.37. The van der Waals surface area contributed by atoms with E-state index in [9.17, 15) is 63.0 Å². The molecule has 0 aliphatic carbocycles. The van der Waals surface area contributed by atoms with Crippen LogP contribution in [0, 0.1) is 5.92 Å². The van der Waals surface area contributed by atoms with Gasteiger partial charge in [-0.3, -0.25) is 52.7 Å². The van der Waals surface area contributed by atoms with Crippen LogP contribution in [0.4, 0.5) is 0 Å². The second kappa shape index (κ2) is 38.5. The summed E-state index contributed by atoms with van der Waals surface area (Å²) in [4.78, 5) is 150. The molecule has 11 amide bonds. The van der Waals surface area contributed by atoms with Crippen molar-refractivity contribution in [1.29, 1.82) is 0 Å². The summed E-state index contributed by atoms with van der Waals surface area (Å²) in [5.74, 6) is -9.83. The van der Waals surface area contributed by atoms with Gasteiger partial charge in [0.15, 0.2) is 0 Å². The number of rotatable bonds is 28. The van der Waals surface area contributed by atoms with Crippen LogP contribution in [0.2, 0.25) is 0 Å². The molecule has 1 saturated heterocycles. The van der Waals surface area contributed by atoms with E-state index in [1.54, 1.807) is 13.8 Å².